The Morgan fingerprint density at radius 2 is 1.88 bits per heavy atom. The average Bonchev–Trinajstić information content (AvgIpc) is 2.18. The second-order valence-electron chi connectivity index (χ2n) is 4.48. The minimum Gasteiger partial charge on any atom is -0.481 e. The van der Waals surface area contributed by atoms with Gasteiger partial charge in [0.15, 0.2) is 0 Å². The van der Waals surface area contributed by atoms with E-state index in [1.165, 1.54) is 0 Å². The summed E-state index contributed by atoms with van der Waals surface area (Å²) in [7, 11) is -0.919. The van der Waals surface area contributed by atoms with E-state index in [-0.39, 0.29) is 6.42 Å². The van der Waals surface area contributed by atoms with Gasteiger partial charge in [0.05, 0.1) is 6.42 Å². The maximum absolute atomic E-state index is 11.8. The maximum atomic E-state index is 11.8. The molecule has 0 aromatic heterocycles. The van der Waals surface area contributed by atoms with Gasteiger partial charge in [-0.1, -0.05) is 38.1 Å². The molecule has 0 saturated carbocycles. The van der Waals surface area contributed by atoms with Crippen molar-refractivity contribution in [3.05, 3.63) is 35.4 Å². The third-order valence-electron chi connectivity index (χ3n) is 2.30. The van der Waals surface area contributed by atoms with Crippen LogP contribution in [0.5, 0.6) is 0 Å². The van der Waals surface area contributed by atoms with Gasteiger partial charge in [-0.3, -0.25) is 9.00 Å². The lowest BCUT2D eigenvalue weighted by Crippen LogP contribution is -2.09. The van der Waals surface area contributed by atoms with Crippen molar-refractivity contribution in [2.75, 3.05) is 5.75 Å². The van der Waals surface area contributed by atoms with Crippen molar-refractivity contribution in [3.8, 4) is 0 Å². The quantitative estimate of drug-likeness (QED) is 0.847. The molecule has 0 aliphatic heterocycles. The minimum absolute atomic E-state index is 0.00491. The summed E-state index contributed by atoms with van der Waals surface area (Å²) in [5, 5.41) is 8.80. The van der Waals surface area contributed by atoms with Crippen LogP contribution in [-0.2, 0) is 27.8 Å². The molecule has 0 radical (unpaired) electrons. The van der Waals surface area contributed by atoms with Gasteiger partial charge in [0, 0.05) is 22.3 Å². The third-order valence-corrected chi connectivity index (χ3v) is 3.97. The molecule has 0 aliphatic rings. The first-order valence-corrected chi connectivity index (χ1v) is 7.11. The van der Waals surface area contributed by atoms with E-state index in [4.69, 9.17) is 5.11 Å². The Morgan fingerprint density at radius 3 is 2.41 bits per heavy atom. The van der Waals surface area contributed by atoms with Crippen LogP contribution in [0.25, 0.3) is 0 Å². The van der Waals surface area contributed by atoms with Crippen LogP contribution in [0.4, 0.5) is 0 Å². The molecule has 0 amide bonds. The normalized spacial score (nSPS) is 12.6. The highest BCUT2D eigenvalue weighted by atomic mass is 32.2. The Kier molecular flexibility index (Phi) is 5.35. The third kappa shape index (κ3) is 5.13. The Morgan fingerprint density at radius 1 is 1.29 bits per heavy atom. The van der Waals surface area contributed by atoms with Crippen LogP contribution in [0.15, 0.2) is 24.3 Å². The highest BCUT2D eigenvalue weighted by Gasteiger charge is 2.10. The zero-order valence-corrected chi connectivity index (χ0v) is 11.0. The molecule has 0 spiro atoms. The monoisotopic (exact) mass is 254 g/mol. The molecule has 0 bridgehead atoms. The highest BCUT2D eigenvalue weighted by Crippen LogP contribution is 2.13. The molecule has 3 nitrogen and oxygen atoms in total. The summed E-state index contributed by atoms with van der Waals surface area (Å²) in [5.74, 6) is 0.637. The molecule has 1 aromatic rings. The molecule has 94 valence electrons. The minimum atomic E-state index is -0.919. The van der Waals surface area contributed by atoms with E-state index >= 15 is 0 Å². The van der Waals surface area contributed by atoms with Crippen molar-refractivity contribution in [1.82, 2.24) is 0 Å². The van der Waals surface area contributed by atoms with Crippen molar-refractivity contribution in [2.45, 2.75) is 26.0 Å². The number of carbonyl (C=O) groups is 1. The van der Waals surface area contributed by atoms with Crippen molar-refractivity contribution in [1.29, 1.82) is 0 Å². The van der Waals surface area contributed by atoms with Gasteiger partial charge in [0.1, 0.15) is 0 Å². The Hall–Kier alpha value is -1.16. The highest BCUT2D eigenvalue weighted by molar-refractivity contribution is 7.84. The second kappa shape index (κ2) is 6.55. The molecule has 1 N–H and O–H groups in total. The lowest BCUT2D eigenvalue weighted by Gasteiger charge is -2.09. The number of hydrogen-bond donors (Lipinski definition) is 1. The van der Waals surface area contributed by atoms with Crippen molar-refractivity contribution in [2.24, 2.45) is 5.92 Å². The fraction of sp³-hybridized carbons (Fsp3) is 0.462. The van der Waals surface area contributed by atoms with Gasteiger partial charge in [-0.25, -0.2) is 0 Å². The molecular formula is C13H18O3S. The number of hydrogen-bond acceptors (Lipinski definition) is 2. The molecular weight excluding hydrogens is 236 g/mol. The molecule has 0 aliphatic carbocycles. The summed E-state index contributed by atoms with van der Waals surface area (Å²) in [6.45, 7) is 4.06. The topological polar surface area (TPSA) is 54.4 Å². The first-order valence-electron chi connectivity index (χ1n) is 5.62. The summed E-state index contributed by atoms with van der Waals surface area (Å²) in [6, 6.07) is 7.31. The predicted molar refractivity (Wildman–Crippen MR) is 69.3 cm³/mol. The number of carboxylic acids is 1. The molecule has 4 heteroatoms. The van der Waals surface area contributed by atoms with Gasteiger partial charge >= 0.3 is 5.97 Å². The Bertz CT molecular complexity index is 413. The summed E-state index contributed by atoms with van der Waals surface area (Å²) in [5.41, 5.74) is 1.64. The van der Waals surface area contributed by atoms with Crippen LogP contribution in [0.2, 0.25) is 0 Å². The van der Waals surface area contributed by atoms with Gasteiger partial charge in [0.25, 0.3) is 0 Å². The van der Waals surface area contributed by atoms with Gasteiger partial charge in [-0.2, -0.15) is 0 Å². The standard InChI is InChI=1S/C13H18O3S/c1-10(2)8-17(16)9-12-6-4-3-5-11(12)7-13(14)15/h3-6,10H,7-9H2,1-2H3,(H,14,15). The molecule has 17 heavy (non-hydrogen) atoms. The van der Waals surface area contributed by atoms with Crippen LogP contribution in [0, 0.1) is 5.92 Å². The summed E-state index contributed by atoms with van der Waals surface area (Å²) < 4.78 is 11.8. The van der Waals surface area contributed by atoms with Crippen LogP contribution in [0.1, 0.15) is 25.0 Å². The van der Waals surface area contributed by atoms with E-state index < -0.39 is 16.8 Å². The number of aliphatic carboxylic acids is 1. The molecule has 0 saturated heterocycles. The van der Waals surface area contributed by atoms with Gasteiger partial charge in [-0.15, -0.1) is 0 Å². The summed E-state index contributed by atoms with van der Waals surface area (Å²) in [6.07, 6.45) is -0.00491. The fourth-order valence-corrected chi connectivity index (χ4v) is 3.13. The van der Waals surface area contributed by atoms with Crippen LogP contribution in [-0.4, -0.2) is 21.0 Å². The van der Waals surface area contributed by atoms with Crippen LogP contribution < -0.4 is 0 Å². The average molecular weight is 254 g/mol. The van der Waals surface area contributed by atoms with Gasteiger partial charge in [-0.05, 0) is 17.0 Å². The first-order chi connectivity index (χ1) is 7.99. The van der Waals surface area contributed by atoms with E-state index in [2.05, 4.69) is 0 Å². The van der Waals surface area contributed by atoms with E-state index in [0.717, 1.165) is 11.1 Å². The fourth-order valence-electron chi connectivity index (χ4n) is 1.64. The summed E-state index contributed by atoms with van der Waals surface area (Å²) in [4.78, 5) is 10.7. The largest absolute Gasteiger partial charge is 0.481 e. The smallest absolute Gasteiger partial charge is 0.307 e. The van der Waals surface area contributed by atoms with E-state index in [1.54, 1.807) is 6.07 Å². The molecule has 1 aromatic carbocycles. The molecule has 1 unspecified atom stereocenters. The van der Waals surface area contributed by atoms with E-state index in [1.807, 2.05) is 32.0 Å². The number of carboxylic acid groups (broad SMARTS) is 1. The van der Waals surface area contributed by atoms with E-state index in [9.17, 15) is 9.00 Å². The molecule has 0 fully saturated rings. The van der Waals surface area contributed by atoms with E-state index in [0.29, 0.717) is 17.4 Å². The zero-order valence-electron chi connectivity index (χ0n) is 10.2. The SMILES string of the molecule is CC(C)CS(=O)Cc1ccccc1CC(=O)O. The Labute approximate surface area is 104 Å². The van der Waals surface area contributed by atoms with Crippen molar-refractivity contribution >= 4 is 16.8 Å². The lowest BCUT2D eigenvalue weighted by atomic mass is 10.1. The Balaban J connectivity index is 2.76. The molecule has 1 atom stereocenters. The lowest BCUT2D eigenvalue weighted by molar-refractivity contribution is -0.136. The predicted octanol–water partition coefficient (Wildman–Crippen LogP) is 2.22. The van der Waals surface area contributed by atoms with Crippen molar-refractivity contribution < 1.29 is 14.1 Å². The molecule has 0 heterocycles. The first kappa shape index (κ1) is 13.9. The van der Waals surface area contributed by atoms with Gasteiger partial charge in [0.2, 0.25) is 0 Å². The van der Waals surface area contributed by atoms with Crippen molar-refractivity contribution in [3.63, 3.8) is 0 Å². The van der Waals surface area contributed by atoms with Crippen LogP contribution >= 0.6 is 0 Å². The summed E-state index contributed by atoms with van der Waals surface area (Å²) >= 11 is 0. The molecule has 1 rings (SSSR count). The maximum Gasteiger partial charge on any atom is 0.307 e. The zero-order chi connectivity index (χ0) is 12.8. The van der Waals surface area contributed by atoms with Crippen LogP contribution in [0.3, 0.4) is 0 Å². The van der Waals surface area contributed by atoms with Gasteiger partial charge < -0.3 is 5.11 Å². The number of rotatable bonds is 6. The second-order valence-corrected chi connectivity index (χ2v) is 5.99. The number of benzene rings is 1.